The Labute approximate surface area is 168 Å². The van der Waals surface area contributed by atoms with Crippen LogP contribution in [0.25, 0.3) is 10.8 Å². The SMILES string of the molecule is C[C@](C#N)(NC(=O)COC(=O)CN1c2cccc3cccc(c23)S1(=O)=O)C1CC1. The summed E-state index contributed by atoms with van der Waals surface area (Å²) in [5.41, 5.74) is -0.579. The quantitative estimate of drug-likeness (QED) is 0.721. The van der Waals surface area contributed by atoms with E-state index in [0.29, 0.717) is 11.1 Å². The molecule has 0 aromatic heterocycles. The highest BCUT2D eigenvalue weighted by atomic mass is 32.2. The van der Waals surface area contributed by atoms with E-state index >= 15 is 0 Å². The van der Waals surface area contributed by atoms with Crippen LogP contribution in [0.1, 0.15) is 19.8 Å². The number of ether oxygens (including phenoxy) is 1. The molecule has 2 aromatic rings. The maximum absolute atomic E-state index is 12.8. The number of carbonyl (C=O) groups excluding carboxylic acids is 2. The highest BCUT2D eigenvalue weighted by Gasteiger charge is 2.43. The third-order valence-corrected chi connectivity index (χ3v) is 7.15. The maximum Gasteiger partial charge on any atom is 0.327 e. The fourth-order valence-corrected chi connectivity index (χ4v) is 5.30. The Bertz CT molecular complexity index is 1160. The number of rotatable bonds is 6. The van der Waals surface area contributed by atoms with E-state index in [2.05, 4.69) is 11.4 Å². The van der Waals surface area contributed by atoms with E-state index in [1.807, 2.05) is 0 Å². The van der Waals surface area contributed by atoms with Crippen molar-refractivity contribution in [3.05, 3.63) is 36.4 Å². The highest BCUT2D eigenvalue weighted by molar-refractivity contribution is 7.93. The molecule has 29 heavy (non-hydrogen) atoms. The lowest BCUT2D eigenvalue weighted by molar-refractivity contribution is -0.147. The van der Waals surface area contributed by atoms with Gasteiger partial charge in [-0.3, -0.25) is 13.9 Å². The summed E-state index contributed by atoms with van der Waals surface area (Å²) in [6, 6.07) is 12.2. The minimum Gasteiger partial charge on any atom is -0.454 e. The number of hydrogen-bond acceptors (Lipinski definition) is 6. The third-order valence-electron chi connectivity index (χ3n) is 5.34. The molecule has 1 heterocycles. The molecule has 1 aliphatic heterocycles. The van der Waals surface area contributed by atoms with Crippen LogP contribution in [0.2, 0.25) is 0 Å². The average Bonchev–Trinajstić information content (AvgIpc) is 3.52. The molecule has 1 atom stereocenters. The van der Waals surface area contributed by atoms with Crippen molar-refractivity contribution in [2.75, 3.05) is 17.5 Å². The van der Waals surface area contributed by atoms with Crippen LogP contribution in [0.15, 0.2) is 41.3 Å². The fraction of sp³-hybridized carbons (Fsp3) is 0.350. The molecule has 2 aliphatic rings. The molecule has 0 unspecified atom stereocenters. The van der Waals surface area contributed by atoms with Gasteiger partial charge in [-0.05, 0) is 43.2 Å². The first-order valence-corrected chi connectivity index (χ1v) is 10.6. The molecule has 0 saturated heterocycles. The van der Waals surface area contributed by atoms with Crippen LogP contribution < -0.4 is 9.62 Å². The number of hydrogen-bond donors (Lipinski definition) is 1. The second-order valence-corrected chi connectivity index (χ2v) is 9.27. The van der Waals surface area contributed by atoms with E-state index in [4.69, 9.17) is 4.74 Å². The van der Waals surface area contributed by atoms with Crippen molar-refractivity contribution in [1.82, 2.24) is 5.32 Å². The van der Waals surface area contributed by atoms with E-state index in [1.165, 1.54) is 6.07 Å². The van der Waals surface area contributed by atoms with Gasteiger partial charge in [0.2, 0.25) is 0 Å². The Hall–Kier alpha value is -3.12. The van der Waals surface area contributed by atoms with Gasteiger partial charge in [-0.15, -0.1) is 0 Å². The minimum absolute atomic E-state index is 0.0980. The van der Waals surface area contributed by atoms with Crippen molar-refractivity contribution in [2.45, 2.75) is 30.2 Å². The molecule has 1 N–H and O–H groups in total. The van der Waals surface area contributed by atoms with Crippen molar-refractivity contribution in [3.63, 3.8) is 0 Å². The van der Waals surface area contributed by atoms with Crippen LogP contribution in [0, 0.1) is 17.2 Å². The Morgan fingerprint density at radius 2 is 1.97 bits per heavy atom. The molecule has 1 aliphatic carbocycles. The van der Waals surface area contributed by atoms with E-state index in [-0.39, 0.29) is 10.8 Å². The number of esters is 1. The van der Waals surface area contributed by atoms with Gasteiger partial charge < -0.3 is 10.1 Å². The molecule has 8 nitrogen and oxygen atoms in total. The van der Waals surface area contributed by atoms with Crippen LogP contribution in [0.4, 0.5) is 5.69 Å². The average molecular weight is 413 g/mol. The number of sulfonamides is 1. The lowest BCUT2D eigenvalue weighted by Gasteiger charge is -2.23. The van der Waals surface area contributed by atoms with E-state index in [1.54, 1.807) is 37.3 Å². The molecule has 4 rings (SSSR count). The number of carbonyl (C=O) groups is 2. The molecule has 0 spiro atoms. The predicted molar refractivity (Wildman–Crippen MR) is 104 cm³/mol. The van der Waals surface area contributed by atoms with Crippen molar-refractivity contribution in [3.8, 4) is 6.07 Å². The summed E-state index contributed by atoms with van der Waals surface area (Å²) in [5.74, 6) is -1.34. The number of nitriles is 1. The number of anilines is 1. The monoisotopic (exact) mass is 413 g/mol. The zero-order chi connectivity index (χ0) is 20.8. The Morgan fingerprint density at radius 1 is 1.28 bits per heavy atom. The first kappa shape index (κ1) is 19.2. The van der Waals surface area contributed by atoms with Crippen LogP contribution in [-0.4, -0.2) is 39.0 Å². The van der Waals surface area contributed by atoms with Crippen LogP contribution in [0.5, 0.6) is 0 Å². The van der Waals surface area contributed by atoms with Crippen molar-refractivity contribution in [1.29, 1.82) is 5.26 Å². The van der Waals surface area contributed by atoms with E-state index < -0.39 is 40.6 Å². The van der Waals surface area contributed by atoms with Gasteiger partial charge >= 0.3 is 5.97 Å². The summed E-state index contributed by atoms with van der Waals surface area (Å²) in [4.78, 5) is 24.5. The van der Waals surface area contributed by atoms with Crippen molar-refractivity contribution < 1.29 is 22.7 Å². The summed E-state index contributed by atoms with van der Waals surface area (Å²) < 4.78 is 31.7. The van der Waals surface area contributed by atoms with Crippen LogP contribution in [0.3, 0.4) is 0 Å². The third kappa shape index (κ3) is 3.29. The van der Waals surface area contributed by atoms with Gasteiger partial charge in [0.1, 0.15) is 12.1 Å². The molecule has 0 bridgehead atoms. The van der Waals surface area contributed by atoms with Crippen molar-refractivity contribution >= 4 is 38.4 Å². The van der Waals surface area contributed by atoms with E-state index in [9.17, 15) is 23.3 Å². The predicted octanol–water partition coefficient (Wildman–Crippen LogP) is 1.70. The molecule has 1 saturated carbocycles. The zero-order valence-corrected chi connectivity index (χ0v) is 16.5. The Balaban J connectivity index is 1.44. The zero-order valence-electron chi connectivity index (χ0n) is 15.7. The fourth-order valence-electron chi connectivity index (χ4n) is 3.65. The summed E-state index contributed by atoms with van der Waals surface area (Å²) in [6.07, 6.45) is 1.73. The Kier molecular flexibility index (Phi) is 4.46. The molecule has 1 amide bonds. The summed E-state index contributed by atoms with van der Waals surface area (Å²) in [7, 11) is -3.88. The van der Waals surface area contributed by atoms with E-state index in [0.717, 1.165) is 22.5 Å². The van der Waals surface area contributed by atoms with Crippen LogP contribution >= 0.6 is 0 Å². The Morgan fingerprint density at radius 3 is 2.62 bits per heavy atom. The summed E-state index contributed by atoms with van der Waals surface area (Å²) in [5, 5.41) is 13.2. The summed E-state index contributed by atoms with van der Waals surface area (Å²) >= 11 is 0. The van der Waals surface area contributed by atoms with Gasteiger partial charge in [-0.25, -0.2) is 8.42 Å². The topological polar surface area (TPSA) is 117 Å². The van der Waals surface area contributed by atoms with Gasteiger partial charge in [0, 0.05) is 5.39 Å². The van der Waals surface area contributed by atoms with Gasteiger partial charge in [-0.1, -0.05) is 24.3 Å². The largest absolute Gasteiger partial charge is 0.454 e. The number of amides is 1. The van der Waals surface area contributed by atoms with Crippen LogP contribution in [-0.2, 0) is 24.3 Å². The van der Waals surface area contributed by atoms with Gasteiger partial charge in [0.05, 0.1) is 16.7 Å². The number of nitrogens with one attached hydrogen (secondary N) is 1. The first-order valence-electron chi connectivity index (χ1n) is 9.18. The van der Waals surface area contributed by atoms with Crippen molar-refractivity contribution in [2.24, 2.45) is 5.92 Å². The highest BCUT2D eigenvalue weighted by Crippen LogP contribution is 2.42. The van der Waals surface area contributed by atoms with Gasteiger partial charge in [-0.2, -0.15) is 5.26 Å². The molecule has 2 aromatic carbocycles. The number of nitrogens with zero attached hydrogens (tertiary/aromatic N) is 2. The second-order valence-electron chi connectivity index (χ2n) is 7.44. The molecular weight excluding hydrogens is 394 g/mol. The summed E-state index contributed by atoms with van der Waals surface area (Å²) in [6.45, 7) is 0.522. The minimum atomic E-state index is -3.88. The second kappa shape index (κ2) is 6.74. The molecular formula is C20H19N3O5S. The number of benzene rings is 2. The lowest BCUT2D eigenvalue weighted by Crippen LogP contribution is -2.48. The molecule has 150 valence electrons. The lowest BCUT2D eigenvalue weighted by atomic mass is 9.98. The molecule has 1 fully saturated rings. The standard InChI is InChI=1S/C20H19N3O5S/c1-20(12-21,14-8-9-14)22-17(24)11-28-18(25)10-23-15-6-2-4-13-5-3-7-16(19(13)15)29(23,26)27/h2-7,14H,8-11H2,1H3,(H,22,24)/t20-/m1/s1. The first-order chi connectivity index (χ1) is 13.8. The van der Waals surface area contributed by atoms with Gasteiger partial charge in [0.15, 0.2) is 6.61 Å². The molecule has 0 radical (unpaired) electrons. The van der Waals surface area contributed by atoms with Gasteiger partial charge in [0.25, 0.3) is 15.9 Å². The maximum atomic E-state index is 12.8. The normalized spacial score (nSPS) is 18.7. The smallest absolute Gasteiger partial charge is 0.327 e. The molecule has 9 heteroatoms.